The minimum atomic E-state index is 0.716. The number of hydrogen-bond donors (Lipinski definition) is 2. The number of nitrogens with one attached hydrogen (secondary N) is 2. The minimum Gasteiger partial charge on any atom is -0.409 e. The van der Waals surface area contributed by atoms with Gasteiger partial charge in [-0.15, -0.1) is 0 Å². The molecule has 4 rings (SSSR count). The fourth-order valence-corrected chi connectivity index (χ4v) is 3.12. The molecule has 8 nitrogen and oxygen atoms in total. The molecule has 4 aromatic rings. The maximum absolute atomic E-state index is 5.19. The molecule has 0 saturated carbocycles. The Kier molecular flexibility index (Phi) is 8.63. The third kappa shape index (κ3) is 7.42. The summed E-state index contributed by atoms with van der Waals surface area (Å²) in [6.45, 7) is 0. The number of hydrogen-bond acceptors (Lipinski definition) is 8. The molecule has 0 bridgehead atoms. The van der Waals surface area contributed by atoms with Crippen LogP contribution >= 0.6 is 0 Å². The highest BCUT2D eigenvalue weighted by Crippen LogP contribution is 2.23. The van der Waals surface area contributed by atoms with Crippen LogP contribution in [0.1, 0.15) is 11.1 Å². The van der Waals surface area contributed by atoms with Gasteiger partial charge in [0.15, 0.2) is 0 Å². The number of nitrogens with zero attached hydrogens (tertiary/aromatic N) is 4. The van der Waals surface area contributed by atoms with Crippen molar-refractivity contribution in [3.05, 3.63) is 108 Å². The Hall–Kier alpha value is -4.66. The van der Waals surface area contributed by atoms with Crippen molar-refractivity contribution < 1.29 is 9.68 Å². The van der Waals surface area contributed by atoms with Gasteiger partial charge >= 0.3 is 0 Å². The highest BCUT2D eigenvalue weighted by molar-refractivity contribution is 5.70. The Balaban J connectivity index is 1.31. The van der Waals surface area contributed by atoms with Gasteiger partial charge in [0, 0.05) is 14.1 Å². The predicted molar refractivity (Wildman–Crippen MR) is 142 cm³/mol. The summed E-state index contributed by atoms with van der Waals surface area (Å²) in [5, 5.41) is 17.1. The number of benzene rings is 4. The molecule has 0 heterocycles. The molecule has 0 spiro atoms. The molecule has 0 aromatic heterocycles. The van der Waals surface area contributed by atoms with Gasteiger partial charge in [0.25, 0.3) is 0 Å². The lowest BCUT2D eigenvalue weighted by atomic mass is 10.1. The van der Waals surface area contributed by atoms with E-state index < -0.39 is 0 Å². The SMILES string of the molecule is CNOc1ccc(N=Nc2ccc(/C=C/c3ccc(N=Nc4ccc(ONC)cc4)cc3)cc2)cc1. The van der Waals surface area contributed by atoms with Crippen LogP contribution in [-0.4, -0.2) is 14.1 Å². The van der Waals surface area contributed by atoms with Crippen molar-refractivity contribution in [3.63, 3.8) is 0 Å². The molecule has 2 N–H and O–H groups in total. The molecule has 0 aliphatic heterocycles. The molecule has 0 aliphatic rings. The molecule has 0 unspecified atom stereocenters. The fraction of sp³-hybridized carbons (Fsp3) is 0.0714. The summed E-state index contributed by atoms with van der Waals surface area (Å²) in [6, 6.07) is 30.4. The predicted octanol–water partition coefficient (Wildman–Crippen LogP) is 7.71. The maximum atomic E-state index is 5.19. The van der Waals surface area contributed by atoms with Crippen LogP contribution in [0.2, 0.25) is 0 Å². The van der Waals surface area contributed by atoms with Gasteiger partial charge in [0.2, 0.25) is 0 Å². The quantitative estimate of drug-likeness (QED) is 0.139. The molecule has 4 aromatic carbocycles. The molecule has 0 atom stereocenters. The van der Waals surface area contributed by atoms with E-state index in [0.29, 0.717) is 11.5 Å². The van der Waals surface area contributed by atoms with Gasteiger partial charge in [-0.1, -0.05) is 36.4 Å². The average molecular weight is 479 g/mol. The van der Waals surface area contributed by atoms with E-state index in [1.165, 1.54) is 0 Å². The molecule has 0 saturated heterocycles. The summed E-state index contributed by atoms with van der Waals surface area (Å²) in [5.74, 6) is 1.43. The van der Waals surface area contributed by atoms with Crippen LogP contribution < -0.4 is 20.6 Å². The second-order valence-electron chi connectivity index (χ2n) is 7.52. The maximum Gasteiger partial charge on any atom is 0.147 e. The second kappa shape index (κ2) is 12.7. The molecule has 0 fully saturated rings. The van der Waals surface area contributed by atoms with Crippen molar-refractivity contribution in [1.82, 2.24) is 11.0 Å². The van der Waals surface area contributed by atoms with Crippen molar-refractivity contribution in [2.24, 2.45) is 20.5 Å². The van der Waals surface area contributed by atoms with Crippen molar-refractivity contribution in [2.45, 2.75) is 0 Å². The van der Waals surface area contributed by atoms with Crippen LogP contribution in [-0.2, 0) is 0 Å². The minimum absolute atomic E-state index is 0.716. The normalized spacial score (nSPS) is 11.5. The van der Waals surface area contributed by atoms with E-state index in [1.54, 1.807) is 14.1 Å². The largest absolute Gasteiger partial charge is 0.409 e. The molecule has 0 radical (unpaired) electrons. The monoisotopic (exact) mass is 478 g/mol. The van der Waals surface area contributed by atoms with Crippen LogP contribution in [0.25, 0.3) is 12.2 Å². The molecular weight excluding hydrogens is 452 g/mol. The van der Waals surface area contributed by atoms with Crippen LogP contribution in [0.3, 0.4) is 0 Å². The molecule has 36 heavy (non-hydrogen) atoms. The third-order valence-electron chi connectivity index (χ3n) is 4.93. The number of rotatable bonds is 10. The van der Waals surface area contributed by atoms with Gasteiger partial charge in [0.05, 0.1) is 22.7 Å². The smallest absolute Gasteiger partial charge is 0.147 e. The van der Waals surface area contributed by atoms with E-state index >= 15 is 0 Å². The topological polar surface area (TPSA) is 92.0 Å². The zero-order valence-corrected chi connectivity index (χ0v) is 20.0. The van der Waals surface area contributed by atoms with E-state index in [0.717, 1.165) is 33.9 Å². The Labute approximate surface area is 210 Å². The molecule has 8 heteroatoms. The summed E-state index contributed by atoms with van der Waals surface area (Å²) in [7, 11) is 3.42. The first-order valence-electron chi connectivity index (χ1n) is 11.3. The highest BCUT2D eigenvalue weighted by atomic mass is 16.6. The third-order valence-corrected chi connectivity index (χ3v) is 4.93. The highest BCUT2D eigenvalue weighted by Gasteiger charge is 1.97. The molecule has 180 valence electrons. The van der Waals surface area contributed by atoms with Crippen LogP contribution in [0.4, 0.5) is 22.7 Å². The Morgan fingerprint density at radius 3 is 1.00 bits per heavy atom. The van der Waals surface area contributed by atoms with Crippen LogP contribution in [0.15, 0.2) is 118 Å². The van der Waals surface area contributed by atoms with E-state index in [4.69, 9.17) is 9.68 Å². The van der Waals surface area contributed by atoms with Crippen molar-refractivity contribution >= 4 is 34.9 Å². The first-order valence-corrected chi connectivity index (χ1v) is 11.3. The van der Waals surface area contributed by atoms with E-state index in [9.17, 15) is 0 Å². The van der Waals surface area contributed by atoms with E-state index in [2.05, 4.69) is 31.4 Å². The fourth-order valence-electron chi connectivity index (χ4n) is 3.12. The lowest BCUT2D eigenvalue weighted by Gasteiger charge is -2.01. The first kappa shape index (κ1) is 24.5. The van der Waals surface area contributed by atoms with Crippen LogP contribution in [0, 0.1) is 0 Å². The standard InChI is InChI=1S/C28H26N6O2/c1-29-35-27-17-13-25(14-18-27)33-31-23-9-5-21(6-10-23)3-4-22-7-11-24(12-8-22)32-34-26-15-19-28(20-16-26)36-30-2/h3-20,29-30H,1-2H3/b4-3+,33-31?,34-32?. The molecule has 0 amide bonds. The molecular formula is C28H26N6O2. The summed E-state index contributed by atoms with van der Waals surface area (Å²) in [4.78, 5) is 10.4. The van der Waals surface area contributed by atoms with E-state index in [-0.39, 0.29) is 0 Å². The van der Waals surface area contributed by atoms with Crippen molar-refractivity contribution in [2.75, 3.05) is 14.1 Å². The summed E-state index contributed by atoms with van der Waals surface area (Å²) in [6.07, 6.45) is 4.10. The Morgan fingerprint density at radius 2 is 0.722 bits per heavy atom. The van der Waals surface area contributed by atoms with Crippen molar-refractivity contribution in [1.29, 1.82) is 0 Å². The Morgan fingerprint density at radius 1 is 0.444 bits per heavy atom. The van der Waals surface area contributed by atoms with Crippen LogP contribution in [0.5, 0.6) is 11.5 Å². The first-order chi connectivity index (χ1) is 17.7. The summed E-state index contributed by atoms with van der Waals surface area (Å²) < 4.78 is 0. The summed E-state index contributed by atoms with van der Waals surface area (Å²) >= 11 is 0. The lowest BCUT2D eigenvalue weighted by molar-refractivity contribution is 0.224. The number of hydroxylamine groups is 2. The van der Waals surface area contributed by atoms with Gasteiger partial charge in [-0.2, -0.15) is 31.4 Å². The van der Waals surface area contributed by atoms with Gasteiger partial charge in [0.1, 0.15) is 11.5 Å². The zero-order valence-electron chi connectivity index (χ0n) is 20.0. The second-order valence-corrected chi connectivity index (χ2v) is 7.52. The van der Waals surface area contributed by atoms with E-state index in [1.807, 2.05) is 109 Å². The Bertz CT molecular complexity index is 1210. The lowest BCUT2D eigenvalue weighted by Crippen LogP contribution is -2.10. The van der Waals surface area contributed by atoms with Gasteiger partial charge in [-0.05, 0) is 83.9 Å². The van der Waals surface area contributed by atoms with Gasteiger partial charge < -0.3 is 9.68 Å². The van der Waals surface area contributed by atoms with Gasteiger partial charge in [-0.25, -0.2) is 0 Å². The van der Waals surface area contributed by atoms with Crippen molar-refractivity contribution in [3.8, 4) is 11.5 Å². The molecule has 0 aliphatic carbocycles. The van der Waals surface area contributed by atoms with Gasteiger partial charge in [-0.3, -0.25) is 0 Å². The summed E-state index contributed by atoms with van der Waals surface area (Å²) in [5.41, 5.74) is 10.5. The zero-order chi connectivity index (χ0) is 25.0. The average Bonchev–Trinajstić information content (AvgIpc) is 2.93. The number of azo groups is 2.